The summed E-state index contributed by atoms with van der Waals surface area (Å²) in [5.74, 6) is -1.94. The highest BCUT2D eigenvalue weighted by Gasteiger charge is 2.25. The Balaban J connectivity index is 1.59. The second-order valence-corrected chi connectivity index (χ2v) is 6.60. The summed E-state index contributed by atoms with van der Waals surface area (Å²) in [6.07, 6.45) is 0. The Morgan fingerprint density at radius 2 is 1.83 bits per heavy atom. The maximum atomic E-state index is 12.9. The maximum Gasteiger partial charge on any atom is 0.439 e. The fourth-order valence-electron chi connectivity index (χ4n) is 3.19. The number of benzene rings is 2. The SMILES string of the molecule is Cc1nn(-c2ccccc2)c(C)c1C(=O)C(=O)Nc1cccc(-c2noc(=O)[nH]2)c1. The molecule has 9 heteroatoms. The number of anilines is 1. The third kappa shape index (κ3) is 3.55. The van der Waals surface area contributed by atoms with Crippen LogP contribution in [0.15, 0.2) is 63.9 Å². The molecule has 150 valence electrons. The van der Waals surface area contributed by atoms with Gasteiger partial charge in [0.05, 0.1) is 22.6 Å². The van der Waals surface area contributed by atoms with E-state index in [2.05, 4.69) is 25.1 Å². The van der Waals surface area contributed by atoms with Crippen LogP contribution in [-0.4, -0.2) is 31.6 Å². The Morgan fingerprint density at radius 1 is 1.07 bits per heavy atom. The van der Waals surface area contributed by atoms with Gasteiger partial charge in [-0.15, -0.1) is 0 Å². The number of para-hydroxylation sites is 1. The lowest BCUT2D eigenvalue weighted by molar-refractivity contribution is -0.112. The van der Waals surface area contributed by atoms with E-state index in [9.17, 15) is 14.4 Å². The van der Waals surface area contributed by atoms with Crippen LogP contribution >= 0.6 is 0 Å². The van der Waals surface area contributed by atoms with Gasteiger partial charge in [-0.3, -0.25) is 19.1 Å². The first-order valence-electron chi connectivity index (χ1n) is 9.08. The summed E-state index contributed by atoms with van der Waals surface area (Å²) in [4.78, 5) is 39.0. The van der Waals surface area contributed by atoms with Crippen molar-refractivity contribution < 1.29 is 14.1 Å². The van der Waals surface area contributed by atoms with Crippen molar-refractivity contribution in [1.29, 1.82) is 0 Å². The first kappa shape index (κ1) is 19.1. The van der Waals surface area contributed by atoms with Gasteiger partial charge in [-0.25, -0.2) is 9.48 Å². The second-order valence-electron chi connectivity index (χ2n) is 6.60. The van der Waals surface area contributed by atoms with Gasteiger partial charge in [-0.2, -0.15) is 5.10 Å². The molecule has 0 aliphatic heterocycles. The van der Waals surface area contributed by atoms with E-state index in [0.717, 1.165) is 5.69 Å². The average molecular weight is 403 g/mol. The zero-order chi connectivity index (χ0) is 21.3. The van der Waals surface area contributed by atoms with Gasteiger partial charge in [0.25, 0.3) is 11.7 Å². The van der Waals surface area contributed by atoms with E-state index in [4.69, 9.17) is 0 Å². The number of ketones is 1. The van der Waals surface area contributed by atoms with E-state index >= 15 is 0 Å². The predicted molar refractivity (Wildman–Crippen MR) is 109 cm³/mol. The van der Waals surface area contributed by atoms with E-state index < -0.39 is 17.4 Å². The number of hydrogen-bond acceptors (Lipinski definition) is 6. The lowest BCUT2D eigenvalue weighted by atomic mass is 10.1. The van der Waals surface area contributed by atoms with Crippen molar-refractivity contribution in [2.75, 3.05) is 5.32 Å². The Kier molecular flexibility index (Phi) is 4.85. The molecule has 4 rings (SSSR count). The minimum absolute atomic E-state index is 0.221. The Morgan fingerprint density at radius 3 is 2.53 bits per heavy atom. The summed E-state index contributed by atoms with van der Waals surface area (Å²) < 4.78 is 6.13. The van der Waals surface area contributed by atoms with Crippen LogP contribution in [0.5, 0.6) is 0 Å². The summed E-state index contributed by atoms with van der Waals surface area (Å²) in [6.45, 7) is 3.43. The Bertz CT molecular complexity index is 1300. The third-order valence-corrected chi connectivity index (χ3v) is 4.56. The third-order valence-electron chi connectivity index (χ3n) is 4.56. The normalized spacial score (nSPS) is 10.7. The molecular formula is C21H17N5O4. The molecule has 0 atom stereocenters. The van der Waals surface area contributed by atoms with Gasteiger partial charge in [0.1, 0.15) is 0 Å². The van der Waals surface area contributed by atoms with Gasteiger partial charge >= 0.3 is 5.76 Å². The lowest BCUT2D eigenvalue weighted by Crippen LogP contribution is -2.24. The molecule has 0 aliphatic rings. The highest BCUT2D eigenvalue weighted by atomic mass is 16.5. The zero-order valence-electron chi connectivity index (χ0n) is 16.2. The van der Waals surface area contributed by atoms with Crippen LogP contribution in [0.4, 0.5) is 5.69 Å². The molecular weight excluding hydrogens is 386 g/mol. The molecule has 2 heterocycles. The van der Waals surface area contributed by atoms with E-state index in [1.54, 1.807) is 42.8 Å². The van der Waals surface area contributed by atoms with Crippen molar-refractivity contribution in [3.8, 4) is 17.1 Å². The summed E-state index contributed by atoms with van der Waals surface area (Å²) in [5.41, 5.74) is 2.99. The van der Waals surface area contributed by atoms with Crippen molar-refractivity contribution in [2.45, 2.75) is 13.8 Å². The van der Waals surface area contributed by atoms with Crippen molar-refractivity contribution in [3.63, 3.8) is 0 Å². The highest BCUT2D eigenvalue weighted by Crippen LogP contribution is 2.21. The molecule has 0 aliphatic carbocycles. The number of carbonyl (C=O) groups is 2. The summed E-state index contributed by atoms with van der Waals surface area (Å²) in [7, 11) is 0. The van der Waals surface area contributed by atoms with E-state index in [1.807, 2.05) is 30.3 Å². The van der Waals surface area contributed by atoms with Gasteiger partial charge in [0.15, 0.2) is 5.82 Å². The number of hydrogen-bond donors (Lipinski definition) is 2. The number of aromatic amines is 1. The number of aromatic nitrogens is 4. The highest BCUT2D eigenvalue weighted by molar-refractivity contribution is 6.47. The molecule has 30 heavy (non-hydrogen) atoms. The molecule has 2 aromatic carbocycles. The molecule has 0 fully saturated rings. The van der Waals surface area contributed by atoms with Crippen LogP contribution in [0.2, 0.25) is 0 Å². The van der Waals surface area contributed by atoms with Gasteiger partial charge in [0.2, 0.25) is 0 Å². The second kappa shape index (κ2) is 7.63. The fraction of sp³-hybridized carbons (Fsp3) is 0.0952. The molecule has 0 bridgehead atoms. The Labute approximate surface area is 170 Å². The minimum Gasteiger partial charge on any atom is -0.319 e. The largest absolute Gasteiger partial charge is 0.439 e. The van der Waals surface area contributed by atoms with Crippen LogP contribution in [0.1, 0.15) is 21.7 Å². The molecule has 4 aromatic rings. The smallest absolute Gasteiger partial charge is 0.319 e. The lowest BCUT2D eigenvalue weighted by Gasteiger charge is -2.07. The molecule has 2 aromatic heterocycles. The number of nitrogens with one attached hydrogen (secondary N) is 2. The van der Waals surface area contributed by atoms with Crippen LogP contribution in [-0.2, 0) is 4.79 Å². The van der Waals surface area contributed by atoms with Crippen molar-refractivity contribution in [2.24, 2.45) is 0 Å². The number of aryl methyl sites for hydroxylation is 1. The zero-order valence-corrected chi connectivity index (χ0v) is 16.2. The van der Waals surface area contributed by atoms with E-state index in [-0.39, 0.29) is 11.4 Å². The fourth-order valence-corrected chi connectivity index (χ4v) is 3.19. The average Bonchev–Trinajstić information content (AvgIpc) is 3.31. The molecule has 0 saturated heterocycles. The summed E-state index contributed by atoms with van der Waals surface area (Å²) >= 11 is 0. The number of amides is 1. The van der Waals surface area contributed by atoms with Gasteiger partial charge < -0.3 is 5.32 Å². The number of Topliss-reactive ketones (excluding diaryl/α,β-unsaturated/α-hetero) is 1. The minimum atomic E-state index is -0.792. The number of carbonyl (C=O) groups excluding carboxylic acids is 2. The predicted octanol–water partition coefficient (Wildman–Crippen LogP) is 2.65. The van der Waals surface area contributed by atoms with Crippen LogP contribution in [0, 0.1) is 13.8 Å². The number of nitrogens with zero attached hydrogens (tertiary/aromatic N) is 3. The molecule has 0 spiro atoms. The monoisotopic (exact) mass is 403 g/mol. The molecule has 0 radical (unpaired) electrons. The van der Waals surface area contributed by atoms with Crippen LogP contribution in [0.3, 0.4) is 0 Å². The molecule has 0 saturated carbocycles. The molecule has 2 N–H and O–H groups in total. The van der Waals surface area contributed by atoms with Crippen LogP contribution in [0.25, 0.3) is 17.1 Å². The molecule has 1 amide bonds. The van der Waals surface area contributed by atoms with Gasteiger partial charge in [0, 0.05) is 11.3 Å². The topological polar surface area (TPSA) is 123 Å². The van der Waals surface area contributed by atoms with Crippen molar-refractivity contribution >= 4 is 17.4 Å². The summed E-state index contributed by atoms with van der Waals surface area (Å²) in [5, 5.41) is 10.6. The maximum absolute atomic E-state index is 12.9. The Hall–Kier alpha value is -4.27. The van der Waals surface area contributed by atoms with Gasteiger partial charge in [-0.05, 0) is 38.1 Å². The quantitative estimate of drug-likeness (QED) is 0.390. The first-order valence-corrected chi connectivity index (χ1v) is 9.08. The van der Waals surface area contributed by atoms with E-state index in [0.29, 0.717) is 22.6 Å². The standard InChI is InChI=1S/C21H17N5O4/c1-12-17(13(2)26(24-12)16-9-4-3-5-10-16)18(27)20(28)22-15-8-6-7-14(11-15)19-23-21(29)30-25-19/h3-11H,1-2H3,(H,22,28)(H,23,25,29). The molecule has 0 unspecified atom stereocenters. The molecule has 9 nitrogen and oxygen atoms in total. The van der Waals surface area contributed by atoms with Gasteiger partial charge in [-0.1, -0.05) is 35.5 Å². The first-order chi connectivity index (χ1) is 14.4. The van der Waals surface area contributed by atoms with Crippen molar-refractivity contribution in [1.82, 2.24) is 19.9 Å². The summed E-state index contributed by atoms with van der Waals surface area (Å²) in [6, 6.07) is 15.9. The van der Waals surface area contributed by atoms with Crippen molar-refractivity contribution in [3.05, 3.63) is 82.1 Å². The number of H-pyrrole nitrogens is 1. The number of rotatable bonds is 5. The van der Waals surface area contributed by atoms with Crippen LogP contribution < -0.4 is 11.1 Å². The van der Waals surface area contributed by atoms with E-state index in [1.165, 1.54) is 0 Å².